The zero-order valence-electron chi connectivity index (χ0n) is 16.1. The highest BCUT2D eigenvalue weighted by molar-refractivity contribution is 7.16. The van der Waals surface area contributed by atoms with Crippen molar-refractivity contribution in [1.82, 2.24) is 19.9 Å². The summed E-state index contributed by atoms with van der Waals surface area (Å²) in [6, 6.07) is 13.3. The summed E-state index contributed by atoms with van der Waals surface area (Å²) < 4.78 is 6.28. The van der Waals surface area contributed by atoms with Crippen molar-refractivity contribution in [3.63, 3.8) is 0 Å². The van der Waals surface area contributed by atoms with Gasteiger partial charge in [-0.2, -0.15) is 0 Å². The largest absolute Gasteiger partial charge is 0.486 e. The molecule has 1 amide bonds. The Balaban J connectivity index is 1.31. The summed E-state index contributed by atoms with van der Waals surface area (Å²) in [4.78, 5) is 28.1. The first-order valence-corrected chi connectivity index (χ1v) is 10.6. The Morgan fingerprint density at radius 3 is 3.00 bits per heavy atom. The average Bonchev–Trinajstić information content (AvgIpc) is 3.45. The molecule has 1 unspecified atom stereocenters. The van der Waals surface area contributed by atoms with E-state index in [1.165, 1.54) is 0 Å². The summed E-state index contributed by atoms with van der Waals surface area (Å²) in [5, 5.41) is 6.35. The van der Waals surface area contributed by atoms with Crippen molar-refractivity contribution < 1.29 is 9.53 Å². The van der Waals surface area contributed by atoms with E-state index in [1.807, 2.05) is 40.6 Å². The van der Waals surface area contributed by atoms with Crippen LogP contribution in [0.2, 0.25) is 0 Å². The van der Waals surface area contributed by atoms with Gasteiger partial charge < -0.3 is 15.0 Å². The third-order valence-corrected chi connectivity index (χ3v) is 5.86. The van der Waals surface area contributed by atoms with Gasteiger partial charge in [-0.25, -0.2) is 9.97 Å². The third-order valence-electron chi connectivity index (χ3n) is 5.04. The monoisotopic (exact) mass is 417 g/mol. The summed E-state index contributed by atoms with van der Waals surface area (Å²) in [6.45, 7) is 1.21. The molecule has 1 fully saturated rings. The van der Waals surface area contributed by atoms with E-state index in [4.69, 9.17) is 4.74 Å². The molecule has 1 aliphatic rings. The molecule has 1 atom stereocenters. The van der Waals surface area contributed by atoms with Gasteiger partial charge in [-0.15, -0.1) is 11.3 Å². The maximum atomic E-state index is 12.7. The van der Waals surface area contributed by atoms with Gasteiger partial charge in [0, 0.05) is 25.4 Å². The van der Waals surface area contributed by atoms with Gasteiger partial charge in [0.15, 0.2) is 0 Å². The Labute approximate surface area is 177 Å². The number of nitrogens with one attached hydrogen (secondary N) is 1. The molecule has 5 rings (SSSR count). The SMILES string of the molecule is O=C(c1cccnc1)N1CCC(Oc2ccccc2Nc2ncnc3sccc23)C1. The minimum absolute atomic E-state index is 0.0126. The standard InChI is InChI=1S/C22H19N5O2S/c28-22(15-4-3-9-23-12-15)27-10-7-16(13-27)29-19-6-2-1-5-18(19)26-20-17-8-11-30-21(17)25-14-24-20/h1-6,8-9,11-12,14,16H,7,10,13H2,(H,24,25,26). The average molecular weight is 417 g/mol. The first kappa shape index (κ1) is 18.5. The second-order valence-corrected chi connectivity index (χ2v) is 7.90. The number of anilines is 2. The number of amides is 1. The van der Waals surface area contributed by atoms with Gasteiger partial charge in [0.2, 0.25) is 0 Å². The number of pyridine rings is 1. The van der Waals surface area contributed by atoms with E-state index in [0.29, 0.717) is 18.7 Å². The van der Waals surface area contributed by atoms with Crippen LogP contribution in [-0.4, -0.2) is 45.0 Å². The molecule has 7 nitrogen and oxygen atoms in total. The lowest BCUT2D eigenvalue weighted by Crippen LogP contribution is -2.31. The minimum atomic E-state index is -0.0693. The Kier molecular flexibility index (Phi) is 4.98. The minimum Gasteiger partial charge on any atom is -0.486 e. The number of benzene rings is 1. The molecule has 0 radical (unpaired) electrons. The molecule has 0 saturated carbocycles. The molecular weight excluding hydrogens is 398 g/mol. The molecule has 0 bridgehead atoms. The number of thiophene rings is 1. The smallest absolute Gasteiger partial charge is 0.255 e. The van der Waals surface area contributed by atoms with Crippen molar-refractivity contribution in [3.8, 4) is 5.75 Å². The number of para-hydroxylation sites is 2. The van der Waals surface area contributed by atoms with Gasteiger partial charge in [0.25, 0.3) is 5.91 Å². The molecule has 150 valence electrons. The zero-order chi connectivity index (χ0) is 20.3. The number of aromatic nitrogens is 3. The van der Waals surface area contributed by atoms with Crippen LogP contribution >= 0.6 is 11.3 Å². The number of carbonyl (C=O) groups is 1. The summed E-state index contributed by atoms with van der Waals surface area (Å²) >= 11 is 1.58. The number of nitrogens with zero attached hydrogens (tertiary/aromatic N) is 4. The van der Waals surface area contributed by atoms with Gasteiger partial charge in [-0.05, 0) is 35.7 Å². The first-order chi connectivity index (χ1) is 14.8. The van der Waals surface area contributed by atoms with Crippen LogP contribution in [0.4, 0.5) is 11.5 Å². The lowest BCUT2D eigenvalue weighted by Gasteiger charge is -2.19. The number of hydrogen-bond donors (Lipinski definition) is 1. The highest BCUT2D eigenvalue weighted by Gasteiger charge is 2.29. The Bertz CT molecular complexity index is 1180. The van der Waals surface area contributed by atoms with Crippen LogP contribution in [0.1, 0.15) is 16.8 Å². The molecule has 1 N–H and O–H groups in total. The van der Waals surface area contributed by atoms with E-state index in [-0.39, 0.29) is 12.0 Å². The number of carbonyl (C=O) groups excluding carboxylic acids is 1. The van der Waals surface area contributed by atoms with Crippen molar-refractivity contribution in [1.29, 1.82) is 0 Å². The number of hydrogen-bond acceptors (Lipinski definition) is 7. The predicted molar refractivity (Wildman–Crippen MR) is 116 cm³/mol. The number of ether oxygens (including phenoxy) is 1. The molecule has 1 aromatic carbocycles. The van der Waals surface area contributed by atoms with E-state index in [2.05, 4.69) is 20.3 Å². The second-order valence-electron chi connectivity index (χ2n) is 7.00. The molecule has 4 heterocycles. The van der Waals surface area contributed by atoms with E-state index >= 15 is 0 Å². The van der Waals surface area contributed by atoms with Crippen LogP contribution < -0.4 is 10.1 Å². The van der Waals surface area contributed by atoms with Gasteiger partial charge in [-0.1, -0.05) is 12.1 Å². The fourth-order valence-electron chi connectivity index (χ4n) is 3.55. The van der Waals surface area contributed by atoms with Crippen LogP contribution in [-0.2, 0) is 0 Å². The van der Waals surface area contributed by atoms with E-state index in [1.54, 1.807) is 42.2 Å². The van der Waals surface area contributed by atoms with Crippen molar-refractivity contribution in [2.24, 2.45) is 0 Å². The highest BCUT2D eigenvalue weighted by Crippen LogP contribution is 2.32. The Hall–Kier alpha value is -3.52. The van der Waals surface area contributed by atoms with Crippen LogP contribution in [0.25, 0.3) is 10.2 Å². The van der Waals surface area contributed by atoms with Crippen molar-refractivity contribution in [3.05, 3.63) is 72.1 Å². The molecule has 8 heteroatoms. The van der Waals surface area contributed by atoms with Crippen LogP contribution in [0.3, 0.4) is 0 Å². The summed E-state index contributed by atoms with van der Waals surface area (Å²) in [5.74, 6) is 1.47. The van der Waals surface area contributed by atoms with Gasteiger partial charge in [-0.3, -0.25) is 9.78 Å². The van der Waals surface area contributed by atoms with Crippen LogP contribution in [0, 0.1) is 0 Å². The molecule has 1 aliphatic heterocycles. The summed E-state index contributed by atoms with van der Waals surface area (Å²) in [7, 11) is 0. The normalized spacial score (nSPS) is 16.0. The number of rotatable bonds is 5. The van der Waals surface area contributed by atoms with Gasteiger partial charge in [0.05, 0.1) is 23.2 Å². The van der Waals surface area contributed by atoms with Crippen molar-refractivity contribution >= 4 is 39.0 Å². The first-order valence-electron chi connectivity index (χ1n) is 9.68. The summed E-state index contributed by atoms with van der Waals surface area (Å²) in [5.41, 5.74) is 1.43. The molecule has 0 aliphatic carbocycles. The van der Waals surface area contributed by atoms with Crippen LogP contribution in [0.15, 0.2) is 66.6 Å². The second kappa shape index (κ2) is 8.08. The van der Waals surface area contributed by atoms with E-state index < -0.39 is 0 Å². The fourth-order valence-corrected chi connectivity index (χ4v) is 4.28. The highest BCUT2D eigenvalue weighted by atomic mass is 32.1. The third kappa shape index (κ3) is 3.69. The predicted octanol–water partition coefficient (Wildman–Crippen LogP) is 4.12. The Morgan fingerprint density at radius 1 is 1.17 bits per heavy atom. The van der Waals surface area contributed by atoms with Crippen molar-refractivity contribution in [2.75, 3.05) is 18.4 Å². The molecule has 3 aromatic heterocycles. The van der Waals surface area contributed by atoms with Crippen LogP contribution in [0.5, 0.6) is 5.75 Å². The zero-order valence-corrected chi connectivity index (χ0v) is 16.9. The molecular formula is C22H19N5O2S. The number of fused-ring (bicyclic) bond motifs is 1. The number of likely N-dealkylation sites (tertiary alicyclic amines) is 1. The van der Waals surface area contributed by atoms with E-state index in [0.717, 1.165) is 33.9 Å². The lowest BCUT2D eigenvalue weighted by atomic mass is 10.2. The maximum Gasteiger partial charge on any atom is 0.255 e. The molecule has 1 saturated heterocycles. The van der Waals surface area contributed by atoms with E-state index in [9.17, 15) is 4.79 Å². The lowest BCUT2D eigenvalue weighted by molar-refractivity contribution is 0.0772. The summed E-state index contributed by atoms with van der Waals surface area (Å²) in [6.07, 6.45) is 5.53. The Morgan fingerprint density at radius 2 is 2.10 bits per heavy atom. The quantitative estimate of drug-likeness (QED) is 0.526. The molecule has 0 spiro atoms. The maximum absolute atomic E-state index is 12.7. The topological polar surface area (TPSA) is 80.2 Å². The van der Waals surface area contributed by atoms with Gasteiger partial charge in [0.1, 0.15) is 28.8 Å². The molecule has 4 aromatic rings. The van der Waals surface area contributed by atoms with Gasteiger partial charge >= 0.3 is 0 Å². The fraction of sp³-hybridized carbons (Fsp3) is 0.182. The van der Waals surface area contributed by atoms with Crippen molar-refractivity contribution in [2.45, 2.75) is 12.5 Å². The molecule has 30 heavy (non-hydrogen) atoms.